The number of benzene rings is 1. The van der Waals surface area contributed by atoms with Crippen molar-refractivity contribution in [2.45, 2.75) is 15.6 Å². The third kappa shape index (κ3) is 1.70. The molecule has 0 bridgehead atoms. The molecule has 0 radical (unpaired) electrons. The van der Waals surface area contributed by atoms with Gasteiger partial charge < -0.3 is 0 Å². The maximum Gasteiger partial charge on any atom is 0.0881 e. The van der Waals surface area contributed by atoms with E-state index in [1.807, 2.05) is 12.1 Å². The van der Waals surface area contributed by atoms with Crippen molar-refractivity contribution in [2.24, 2.45) is 0 Å². The van der Waals surface area contributed by atoms with E-state index in [2.05, 4.69) is 44.0 Å². The Labute approximate surface area is 93.6 Å². The Balaban J connectivity index is 2.21. The highest BCUT2D eigenvalue weighted by molar-refractivity contribution is 9.25. The first kappa shape index (κ1) is 9.04. The van der Waals surface area contributed by atoms with Gasteiger partial charge in [-0.25, -0.2) is 0 Å². The molecular formula is C9H7Br2Cl. The van der Waals surface area contributed by atoms with E-state index in [1.165, 1.54) is 5.56 Å². The maximum absolute atomic E-state index is 5.78. The molecule has 64 valence electrons. The summed E-state index contributed by atoms with van der Waals surface area (Å²) in [6.07, 6.45) is 1.15. The van der Waals surface area contributed by atoms with Crippen molar-refractivity contribution in [1.29, 1.82) is 0 Å². The highest BCUT2D eigenvalue weighted by Crippen LogP contribution is 2.62. The van der Waals surface area contributed by atoms with E-state index >= 15 is 0 Å². The Hall–Kier alpha value is 0.470. The van der Waals surface area contributed by atoms with Crippen LogP contribution in [0.1, 0.15) is 17.9 Å². The van der Waals surface area contributed by atoms with Gasteiger partial charge in [0, 0.05) is 10.9 Å². The molecule has 1 atom stereocenters. The summed E-state index contributed by atoms with van der Waals surface area (Å²) >= 11 is 13.0. The molecule has 0 nitrogen and oxygen atoms in total. The van der Waals surface area contributed by atoms with Crippen molar-refractivity contribution in [2.75, 3.05) is 0 Å². The second kappa shape index (κ2) is 3.00. The van der Waals surface area contributed by atoms with E-state index in [-0.39, 0.29) is 3.23 Å². The zero-order valence-electron chi connectivity index (χ0n) is 6.23. The molecule has 1 aromatic carbocycles. The van der Waals surface area contributed by atoms with Gasteiger partial charge in [-0.1, -0.05) is 55.6 Å². The van der Waals surface area contributed by atoms with Crippen molar-refractivity contribution >= 4 is 43.5 Å². The Bertz CT molecular complexity index is 292. The van der Waals surface area contributed by atoms with E-state index in [9.17, 15) is 0 Å². The van der Waals surface area contributed by atoms with Crippen molar-refractivity contribution in [3.63, 3.8) is 0 Å². The van der Waals surface area contributed by atoms with Gasteiger partial charge in [0.1, 0.15) is 0 Å². The van der Waals surface area contributed by atoms with Gasteiger partial charge in [-0.15, -0.1) is 0 Å². The van der Waals surface area contributed by atoms with Crippen LogP contribution in [0.4, 0.5) is 0 Å². The molecule has 1 saturated carbocycles. The standard InChI is InChI=1S/C9H7Br2Cl/c10-9(11)5-8(9)6-1-3-7(12)4-2-6/h1-4,8H,5H2/t8-/m1/s1. The molecule has 1 aromatic rings. The van der Waals surface area contributed by atoms with E-state index in [0.717, 1.165) is 11.4 Å². The van der Waals surface area contributed by atoms with Crippen LogP contribution in [0.2, 0.25) is 5.02 Å². The summed E-state index contributed by atoms with van der Waals surface area (Å²) in [6, 6.07) is 8.03. The topological polar surface area (TPSA) is 0 Å². The number of hydrogen-bond donors (Lipinski definition) is 0. The van der Waals surface area contributed by atoms with E-state index in [4.69, 9.17) is 11.6 Å². The zero-order chi connectivity index (χ0) is 8.77. The highest BCUT2D eigenvalue weighted by Gasteiger charge is 2.50. The predicted octanol–water partition coefficient (Wildman–Crippen LogP) is 4.31. The summed E-state index contributed by atoms with van der Waals surface area (Å²) in [7, 11) is 0. The molecule has 0 heterocycles. The lowest BCUT2D eigenvalue weighted by Gasteiger charge is -2.00. The normalized spacial score (nSPS) is 25.4. The Morgan fingerprint density at radius 3 is 2.17 bits per heavy atom. The summed E-state index contributed by atoms with van der Waals surface area (Å²) in [4.78, 5) is 0. The Morgan fingerprint density at radius 2 is 1.75 bits per heavy atom. The molecule has 0 aliphatic heterocycles. The fourth-order valence-corrected chi connectivity index (χ4v) is 2.57. The van der Waals surface area contributed by atoms with Gasteiger partial charge in [0.05, 0.1) is 3.23 Å². The smallest absolute Gasteiger partial charge is 0.0843 e. The summed E-state index contributed by atoms with van der Waals surface area (Å²) in [5.41, 5.74) is 1.34. The molecule has 0 saturated heterocycles. The molecule has 2 rings (SSSR count). The Kier molecular flexibility index (Phi) is 2.26. The van der Waals surface area contributed by atoms with Gasteiger partial charge >= 0.3 is 0 Å². The molecule has 0 amide bonds. The lowest BCUT2D eigenvalue weighted by Crippen LogP contribution is -1.87. The number of hydrogen-bond acceptors (Lipinski definition) is 0. The van der Waals surface area contributed by atoms with Crippen LogP contribution in [0.5, 0.6) is 0 Å². The second-order valence-corrected chi connectivity index (χ2v) is 7.40. The average Bonchev–Trinajstić information content (AvgIpc) is 2.61. The minimum atomic E-state index is 0.147. The van der Waals surface area contributed by atoms with Crippen LogP contribution < -0.4 is 0 Å². The first-order valence-corrected chi connectivity index (χ1v) is 5.69. The summed E-state index contributed by atoms with van der Waals surface area (Å²) < 4.78 is 0.147. The summed E-state index contributed by atoms with van der Waals surface area (Å²) in [5.74, 6) is 0.592. The van der Waals surface area contributed by atoms with E-state index < -0.39 is 0 Å². The van der Waals surface area contributed by atoms with E-state index in [0.29, 0.717) is 5.92 Å². The molecule has 0 spiro atoms. The largest absolute Gasteiger partial charge is 0.0881 e. The van der Waals surface area contributed by atoms with E-state index in [1.54, 1.807) is 0 Å². The monoisotopic (exact) mass is 308 g/mol. The van der Waals surface area contributed by atoms with Crippen molar-refractivity contribution in [3.8, 4) is 0 Å². The van der Waals surface area contributed by atoms with Gasteiger partial charge in [0.2, 0.25) is 0 Å². The van der Waals surface area contributed by atoms with Crippen molar-refractivity contribution in [1.82, 2.24) is 0 Å². The fourth-order valence-electron chi connectivity index (χ4n) is 1.27. The zero-order valence-corrected chi connectivity index (χ0v) is 10.2. The average molecular weight is 310 g/mol. The molecule has 1 aliphatic rings. The first-order chi connectivity index (χ1) is 5.59. The fraction of sp³-hybridized carbons (Fsp3) is 0.333. The minimum absolute atomic E-state index is 0.147. The third-order valence-corrected chi connectivity index (χ3v) is 4.10. The minimum Gasteiger partial charge on any atom is -0.0843 e. The molecule has 1 aliphatic carbocycles. The van der Waals surface area contributed by atoms with Crippen molar-refractivity contribution in [3.05, 3.63) is 34.9 Å². The van der Waals surface area contributed by atoms with Gasteiger partial charge in [0.15, 0.2) is 0 Å². The lowest BCUT2D eigenvalue weighted by atomic mass is 10.1. The molecule has 0 N–H and O–H groups in total. The molecule has 1 fully saturated rings. The van der Waals surface area contributed by atoms with Gasteiger partial charge in [-0.05, 0) is 24.1 Å². The van der Waals surface area contributed by atoms with Gasteiger partial charge in [-0.3, -0.25) is 0 Å². The number of halogens is 3. The van der Waals surface area contributed by atoms with Crippen LogP contribution in [0, 0.1) is 0 Å². The number of alkyl halides is 2. The SMILES string of the molecule is Clc1ccc([C@H]2CC2(Br)Br)cc1. The molecule has 12 heavy (non-hydrogen) atoms. The van der Waals surface area contributed by atoms with Crippen LogP contribution >= 0.6 is 43.5 Å². The third-order valence-electron chi connectivity index (χ3n) is 2.10. The molecule has 0 aromatic heterocycles. The quantitative estimate of drug-likeness (QED) is 0.678. The lowest BCUT2D eigenvalue weighted by molar-refractivity contribution is 1.13. The summed E-state index contributed by atoms with van der Waals surface area (Å²) in [5, 5.41) is 0.800. The van der Waals surface area contributed by atoms with Crippen LogP contribution in [-0.4, -0.2) is 3.23 Å². The maximum atomic E-state index is 5.78. The van der Waals surface area contributed by atoms with Crippen molar-refractivity contribution < 1.29 is 0 Å². The second-order valence-electron chi connectivity index (χ2n) is 3.07. The molecule has 0 unspecified atom stereocenters. The van der Waals surface area contributed by atoms with Gasteiger partial charge in [-0.2, -0.15) is 0 Å². The Morgan fingerprint density at radius 1 is 1.25 bits per heavy atom. The van der Waals surface area contributed by atoms with Crippen LogP contribution in [0.25, 0.3) is 0 Å². The number of rotatable bonds is 1. The van der Waals surface area contributed by atoms with Crippen LogP contribution in [0.15, 0.2) is 24.3 Å². The highest BCUT2D eigenvalue weighted by atomic mass is 79.9. The summed E-state index contributed by atoms with van der Waals surface area (Å²) in [6.45, 7) is 0. The molecule has 3 heteroatoms. The molecular weight excluding hydrogens is 303 g/mol. The van der Waals surface area contributed by atoms with Gasteiger partial charge in [0.25, 0.3) is 0 Å². The predicted molar refractivity (Wildman–Crippen MR) is 59.4 cm³/mol. The first-order valence-electron chi connectivity index (χ1n) is 3.73. The van der Waals surface area contributed by atoms with Crippen LogP contribution in [-0.2, 0) is 0 Å². The van der Waals surface area contributed by atoms with Crippen LogP contribution in [0.3, 0.4) is 0 Å².